The van der Waals surface area contributed by atoms with Crippen LogP contribution >= 0.6 is 0 Å². The van der Waals surface area contributed by atoms with Crippen LogP contribution in [-0.4, -0.2) is 33.3 Å². The number of aromatic nitrogens is 2. The maximum absolute atomic E-state index is 12.8. The number of fused-ring (bicyclic) bond motifs is 1. The van der Waals surface area contributed by atoms with Crippen molar-refractivity contribution in [1.29, 1.82) is 0 Å². The van der Waals surface area contributed by atoms with Gasteiger partial charge in [-0.15, -0.1) is 0 Å². The molecule has 1 saturated carbocycles. The van der Waals surface area contributed by atoms with Gasteiger partial charge in [-0.1, -0.05) is 0 Å². The lowest BCUT2D eigenvalue weighted by molar-refractivity contribution is -0.123. The van der Waals surface area contributed by atoms with E-state index in [2.05, 4.69) is 20.0 Å². The maximum Gasteiger partial charge on any atom is 0.253 e. The highest BCUT2D eigenvalue weighted by Gasteiger charge is 2.30. The van der Waals surface area contributed by atoms with Crippen LogP contribution in [0.15, 0.2) is 18.3 Å². The van der Waals surface area contributed by atoms with Crippen LogP contribution in [0.25, 0.3) is 5.52 Å². The van der Waals surface area contributed by atoms with Crippen molar-refractivity contribution in [1.82, 2.24) is 20.0 Å². The SMILES string of the molecule is Cc1c(C(=O)NC2CCC(=O)NC2C)ccc2cnc(C3CC3)n12. The first kappa shape index (κ1) is 15.2. The van der Waals surface area contributed by atoms with Crippen LogP contribution in [0.5, 0.6) is 0 Å². The Bertz CT molecular complexity index is 822. The highest BCUT2D eigenvalue weighted by Crippen LogP contribution is 2.39. The van der Waals surface area contributed by atoms with Crippen molar-refractivity contribution < 1.29 is 9.59 Å². The van der Waals surface area contributed by atoms with Gasteiger partial charge in [-0.05, 0) is 45.2 Å². The third-order valence-electron chi connectivity index (χ3n) is 5.14. The minimum Gasteiger partial charge on any atom is -0.352 e. The summed E-state index contributed by atoms with van der Waals surface area (Å²) in [4.78, 5) is 28.7. The van der Waals surface area contributed by atoms with Gasteiger partial charge in [0, 0.05) is 30.1 Å². The fourth-order valence-corrected chi connectivity index (χ4v) is 3.55. The molecular formula is C18H22N4O2. The lowest BCUT2D eigenvalue weighted by Gasteiger charge is -2.30. The highest BCUT2D eigenvalue weighted by molar-refractivity contribution is 5.96. The van der Waals surface area contributed by atoms with E-state index in [-0.39, 0.29) is 23.9 Å². The van der Waals surface area contributed by atoms with E-state index in [1.54, 1.807) is 0 Å². The lowest BCUT2D eigenvalue weighted by Crippen LogP contribution is -2.54. The Hall–Kier alpha value is -2.37. The monoisotopic (exact) mass is 326 g/mol. The zero-order valence-electron chi connectivity index (χ0n) is 14.0. The second-order valence-electron chi connectivity index (χ2n) is 6.96. The Kier molecular flexibility index (Phi) is 3.55. The number of piperidine rings is 1. The quantitative estimate of drug-likeness (QED) is 0.905. The summed E-state index contributed by atoms with van der Waals surface area (Å²) in [6, 6.07) is 3.74. The number of rotatable bonds is 3. The fraction of sp³-hybridized carbons (Fsp3) is 0.500. The van der Waals surface area contributed by atoms with Crippen molar-refractivity contribution in [3.05, 3.63) is 35.4 Å². The molecule has 6 nitrogen and oxygen atoms in total. The van der Waals surface area contributed by atoms with Gasteiger partial charge < -0.3 is 10.6 Å². The molecule has 2 aliphatic rings. The second-order valence-corrected chi connectivity index (χ2v) is 6.96. The number of nitrogens with one attached hydrogen (secondary N) is 2. The summed E-state index contributed by atoms with van der Waals surface area (Å²) in [5.41, 5.74) is 2.63. The van der Waals surface area contributed by atoms with Crippen molar-refractivity contribution in [2.45, 2.75) is 57.5 Å². The zero-order chi connectivity index (χ0) is 16.8. The van der Waals surface area contributed by atoms with E-state index in [0.29, 0.717) is 24.3 Å². The third-order valence-corrected chi connectivity index (χ3v) is 5.14. The van der Waals surface area contributed by atoms with Gasteiger partial charge in [-0.2, -0.15) is 0 Å². The minimum atomic E-state index is -0.0853. The molecule has 4 rings (SSSR count). The molecule has 24 heavy (non-hydrogen) atoms. The fourth-order valence-electron chi connectivity index (χ4n) is 3.55. The molecule has 0 radical (unpaired) electrons. The van der Waals surface area contributed by atoms with E-state index < -0.39 is 0 Å². The summed E-state index contributed by atoms with van der Waals surface area (Å²) in [6.07, 6.45) is 5.36. The van der Waals surface area contributed by atoms with E-state index in [9.17, 15) is 9.59 Å². The van der Waals surface area contributed by atoms with E-state index >= 15 is 0 Å². The van der Waals surface area contributed by atoms with Crippen LogP contribution in [0.3, 0.4) is 0 Å². The zero-order valence-corrected chi connectivity index (χ0v) is 14.0. The summed E-state index contributed by atoms with van der Waals surface area (Å²) in [7, 11) is 0. The molecular weight excluding hydrogens is 304 g/mol. The van der Waals surface area contributed by atoms with Gasteiger partial charge in [0.25, 0.3) is 5.91 Å². The molecule has 0 aromatic carbocycles. The Labute approximate surface area is 140 Å². The topological polar surface area (TPSA) is 75.5 Å². The molecule has 2 N–H and O–H groups in total. The van der Waals surface area contributed by atoms with Gasteiger partial charge in [0.05, 0.1) is 17.3 Å². The molecule has 3 heterocycles. The lowest BCUT2D eigenvalue weighted by atomic mass is 9.99. The van der Waals surface area contributed by atoms with Crippen molar-refractivity contribution in [2.24, 2.45) is 0 Å². The Morgan fingerprint density at radius 2 is 2.12 bits per heavy atom. The summed E-state index contributed by atoms with van der Waals surface area (Å²) in [5.74, 6) is 1.56. The van der Waals surface area contributed by atoms with Crippen molar-refractivity contribution >= 4 is 17.3 Å². The van der Waals surface area contributed by atoms with Crippen molar-refractivity contribution in [3.63, 3.8) is 0 Å². The van der Waals surface area contributed by atoms with Gasteiger partial charge in [0.15, 0.2) is 0 Å². The number of hydrogen-bond acceptors (Lipinski definition) is 3. The number of imidazole rings is 1. The molecule has 2 amide bonds. The molecule has 1 aliphatic heterocycles. The van der Waals surface area contributed by atoms with E-state index in [4.69, 9.17) is 0 Å². The number of carbonyl (C=O) groups is 2. The summed E-state index contributed by atoms with van der Waals surface area (Å²) < 4.78 is 2.11. The number of amides is 2. The van der Waals surface area contributed by atoms with Crippen LogP contribution in [0, 0.1) is 6.92 Å². The Morgan fingerprint density at radius 1 is 1.33 bits per heavy atom. The second kappa shape index (κ2) is 5.61. The molecule has 0 bridgehead atoms. The number of pyridine rings is 1. The molecule has 1 saturated heterocycles. The van der Waals surface area contributed by atoms with Crippen LogP contribution in [0.4, 0.5) is 0 Å². The average molecular weight is 326 g/mol. The number of nitrogens with zero attached hydrogens (tertiary/aromatic N) is 2. The molecule has 126 valence electrons. The molecule has 0 spiro atoms. The molecule has 2 unspecified atom stereocenters. The van der Waals surface area contributed by atoms with Gasteiger partial charge in [0.1, 0.15) is 5.82 Å². The van der Waals surface area contributed by atoms with Crippen LogP contribution in [0.2, 0.25) is 0 Å². The molecule has 6 heteroatoms. The van der Waals surface area contributed by atoms with Crippen LogP contribution in [0.1, 0.15) is 60.4 Å². The number of aryl methyl sites for hydroxylation is 1. The predicted octanol–water partition coefficient (Wildman–Crippen LogP) is 1.92. The Balaban J connectivity index is 1.61. The van der Waals surface area contributed by atoms with E-state index in [1.807, 2.05) is 32.2 Å². The van der Waals surface area contributed by atoms with Crippen LogP contribution in [-0.2, 0) is 4.79 Å². The molecule has 2 fully saturated rings. The Morgan fingerprint density at radius 3 is 2.83 bits per heavy atom. The predicted molar refractivity (Wildman–Crippen MR) is 90.0 cm³/mol. The molecule has 1 aliphatic carbocycles. The molecule has 2 aromatic heterocycles. The largest absolute Gasteiger partial charge is 0.352 e. The van der Waals surface area contributed by atoms with Gasteiger partial charge in [0.2, 0.25) is 5.91 Å². The normalized spacial score (nSPS) is 24.0. The summed E-state index contributed by atoms with van der Waals surface area (Å²) >= 11 is 0. The molecule has 2 atom stereocenters. The maximum atomic E-state index is 12.8. The van der Waals surface area contributed by atoms with E-state index in [0.717, 1.165) is 17.0 Å². The van der Waals surface area contributed by atoms with Gasteiger partial charge >= 0.3 is 0 Å². The smallest absolute Gasteiger partial charge is 0.253 e. The van der Waals surface area contributed by atoms with E-state index in [1.165, 1.54) is 12.8 Å². The number of hydrogen-bond donors (Lipinski definition) is 2. The molecule has 2 aromatic rings. The first-order valence-electron chi connectivity index (χ1n) is 8.62. The van der Waals surface area contributed by atoms with Crippen LogP contribution < -0.4 is 10.6 Å². The van der Waals surface area contributed by atoms with Gasteiger partial charge in [-0.25, -0.2) is 4.98 Å². The third kappa shape index (κ3) is 2.56. The first-order valence-corrected chi connectivity index (χ1v) is 8.62. The first-order chi connectivity index (χ1) is 11.5. The average Bonchev–Trinajstić information content (AvgIpc) is 3.29. The van der Waals surface area contributed by atoms with Crippen molar-refractivity contribution in [3.8, 4) is 0 Å². The standard InChI is InChI=1S/C18H22N4O2/c1-10-15(7-8-16(23)20-10)21-18(24)14-6-5-13-9-19-17(12-3-4-12)22(13)11(14)2/h5-6,9-10,12,15H,3-4,7-8H2,1-2H3,(H,20,23)(H,21,24). The summed E-state index contributed by atoms with van der Waals surface area (Å²) in [6.45, 7) is 3.90. The minimum absolute atomic E-state index is 0.0315. The van der Waals surface area contributed by atoms with Crippen molar-refractivity contribution in [2.75, 3.05) is 0 Å². The highest BCUT2D eigenvalue weighted by atomic mass is 16.2. The summed E-state index contributed by atoms with van der Waals surface area (Å²) in [5, 5.41) is 5.97. The number of carbonyl (C=O) groups excluding carboxylic acids is 2. The van der Waals surface area contributed by atoms with Gasteiger partial charge in [-0.3, -0.25) is 14.0 Å².